The Labute approximate surface area is 157 Å². The van der Waals surface area contributed by atoms with Gasteiger partial charge in [0.25, 0.3) is 0 Å². The Hall–Kier alpha value is -3.08. The van der Waals surface area contributed by atoms with Crippen molar-refractivity contribution in [2.45, 2.75) is 44.9 Å². The molecule has 0 saturated carbocycles. The maximum absolute atomic E-state index is 12.6. The van der Waals surface area contributed by atoms with Gasteiger partial charge in [0, 0.05) is 18.9 Å². The van der Waals surface area contributed by atoms with Crippen LogP contribution in [0.1, 0.15) is 31.7 Å². The monoisotopic (exact) mass is 373 g/mol. The Bertz CT molecular complexity index is 716. The summed E-state index contributed by atoms with van der Waals surface area (Å²) in [5, 5.41) is 20.5. The summed E-state index contributed by atoms with van der Waals surface area (Å²) in [6.45, 7) is 2.06. The van der Waals surface area contributed by atoms with Crippen LogP contribution in [0.15, 0.2) is 30.3 Å². The standard InChI is InChI=1S/C19H23N3O5/c1-13(9-10-20)16(18(24)25)21-17(23)15-8-5-11-22(15)19(26)27-12-14-6-3-2-4-7-14/h2-4,6-7,13,15-16H,5,8-9,11-12H2,1H3,(H,21,23)(H,24,25)/t13-,15-,16-/m1/s1. The van der Waals surface area contributed by atoms with Crippen molar-refractivity contribution >= 4 is 18.0 Å². The molecule has 0 spiro atoms. The molecule has 2 N–H and O–H groups in total. The summed E-state index contributed by atoms with van der Waals surface area (Å²) in [5.41, 5.74) is 0.835. The molecular formula is C19H23N3O5. The molecule has 27 heavy (non-hydrogen) atoms. The number of benzene rings is 1. The van der Waals surface area contributed by atoms with Crippen molar-refractivity contribution in [3.63, 3.8) is 0 Å². The Kier molecular flexibility index (Phi) is 7.17. The molecular weight excluding hydrogens is 350 g/mol. The van der Waals surface area contributed by atoms with Gasteiger partial charge in [-0.2, -0.15) is 5.26 Å². The van der Waals surface area contributed by atoms with E-state index in [4.69, 9.17) is 10.00 Å². The van der Waals surface area contributed by atoms with Gasteiger partial charge in [-0.25, -0.2) is 9.59 Å². The second-order valence-electron chi connectivity index (χ2n) is 6.56. The number of carboxylic acid groups (broad SMARTS) is 1. The summed E-state index contributed by atoms with van der Waals surface area (Å²) in [5.74, 6) is -2.29. The summed E-state index contributed by atoms with van der Waals surface area (Å²) in [4.78, 5) is 37.6. The minimum atomic E-state index is -1.21. The number of hydrogen-bond donors (Lipinski definition) is 2. The van der Waals surface area contributed by atoms with E-state index < -0.39 is 36.0 Å². The Morgan fingerprint density at radius 3 is 2.70 bits per heavy atom. The highest BCUT2D eigenvalue weighted by Gasteiger charge is 2.37. The smallest absolute Gasteiger partial charge is 0.410 e. The minimum Gasteiger partial charge on any atom is -0.480 e. The van der Waals surface area contributed by atoms with Crippen LogP contribution in [0.3, 0.4) is 0 Å². The fraction of sp³-hybridized carbons (Fsp3) is 0.474. The number of likely N-dealkylation sites (tertiary alicyclic amines) is 1. The molecule has 1 aliphatic rings. The van der Waals surface area contributed by atoms with Gasteiger partial charge >= 0.3 is 12.1 Å². The lowest BCUT2D eigenvalue weighted by atomic mass is 9.98. The highest BCUT2D eigenvalue weighted by atomic mass is 16.6. The highest BCUT2D eigenvalue weighted by Crippen LogP contribution is 2.20. The zero-order valence-corrected chi connectivity index (χ0v) is 15.1. The normalized spacial score (nSPS) is 18.2. The summed E-state index contributed by atoms with van der Waals surface area (Å²) in [6, 6.07) is 9.14. The van der Waals surface area contributed by atoms with Crippen LogP contribution in [0.5, 0.6) is 0 Å². The molecule has 1 fully saturated rings. The van der Waals surface area contributed by atoms with Crippen LogP contribution in [0, 0.1) is 17.2 Å². The van der Waals surface area contributed by atoms with Gasteiger partial charge in [0.15, 0.2) is 0 Å². The van der Waals surface area contributed by atoms with E-state index in [1.165, 1.54) is 4.90 Å². The number of nitrogens with zero attached hydrogens (tertiary/aromatic N) is 2. The van der Waals surface area contributed by atoms with Crippen molar-refractivity contribution in [3.8, 4) is 6.07 Å². The van der Waals surface area contributed by atoms with Crippen molar-refractivity contribution in [3.05, 3.63) is 35.9 Å². The van der Waals surface area contributed by atoms with E-state index in [0.717, 1.165) is 5.56 Å². The topological polar surface area (TPSA) is 120 Å². The van der Waals surface area contributed by atoms with E-state index in [-0.39, 0.29) is 13.0 Å². The number of amides is 2. The molecule has 1 aromatic carbocycles. The maximum atomic E-state index is 12.6. The van der Waals surface area contributed by atoms with Crippen molar-refractivity contribution in [1.82, 2.24) is 10.2 Å². The summed E-state index contributed by atoms with van der Waals surface area (Å²) in [7, 11) is 0. The predicted octanol–water partition coefficient (Wildman–Crippen LogP) is 1.91. The van der Waals surface area contributed by atoms with Gasteiger partial charge in [-0.1, -0.05) is 37.3 Å². The summed E-state index contributed by atoms with van der Waals surface area (Å²) >= 11 is 0. The van der Waals surface area contributed by atoms with Gasteiger partial charge < -0.3 is 15.2 Å². The molecule has 3 atom stereocenters. The molecule has 1 aromatic rings. The number of nitrogens with one attached hydrogen (secondary N) is 1. The van der Waals surface area contributed by atoms with Crippen molar-refractivity contribution in [1.29, 1.82) is 5.26 Å². The molecule has 0 aromatic heterocycles. The fourth-order valence-electron chi connectivity index (χ4n) is 3.02. The van der Waals surface area contributed by atoms with E-state index in [0.29, 0.717) is 19.4 Å². The average Bonchev–Trinajstić information content (AvgIpc) is 3.14. The zero-order valence-electron chi connectivity index (χ0n) is 15.1. The van der Waals surface area contributed by atoms with Gasteiger partial charge in [0.1, 0.15) is 18.7 Å². The number of nitriles is 1. The third-order valence-electron chi connectivity index (χ3n) is 4.54. The van der Waals surface area contributed by atoms with Gasteiger partial charge in [-0.15, -0.1) is 0 Å². The Morgan fingerprint density at radius 2 is 2.07 bits per heavy atom. The number of carbonyl (C=O) groups excluding carboxylic acids is 2. The quantitative estimate of drug-likeness (QED) is 0.753. The molecule has 0 radical (unpaired) electrons. The first-order valence-electron chi connectivity index (χ1n) is 8.81. The summed E-state index contributed by atoms with van der Waals surface area (Å²) < 4.78 is 5.28. The minimum absolute atomic E-state index is 0.00471. The Morgan fingerprint density at radius 1 is 1.37 bits per heavy atom. The maximum Gasteiger partial charge on any atom is 0.410 e. The zero-order chi connectivity index (χ0) is 19.8. The van der Waals surface area contributed by atoms with Gasteiger partial charge in [-0.3, -0.25) is 9.69 Å². The van der Waals surface area contributed by atoms with E-state index in [1.54, 1.807) is 6.92 Å². The van der Waals surface area contributed by atoms with Crippen LogP contribution in [-0.2, 0) is 20.9 Å². The van der Waals surface area contributed by atoms with Crippen LogP contribution in [0.2, 0.25) is 0 Å². The van der Waals surface area contributed by atoms with Crippen LogP contribution in [0.25, 0.3) is 0 Å². The first-order chi connectivity index (χ1) is 12.9. The molecule has 0 aliphatic carbocycles. The number of hydrogen-bond acceptors (Lipinski definition) is 5. The van der Waals surface area contributed by atoms with Gasteiger partial charge in [0.2, 0.25) is 5.91 Å². The number of ether oxygens (including phenoxy) is 1. The molecule has 0 unspecified atom stereocenters. The van der Waals surface area contributed by atoms with E-state index >= 15 is 0 Å². The second-order valence-corrected chi connectivity index (χ2v) is 6.56. The third-order valence-corrected chi connectivity index (χ3v) is 4.54. The first kappa shape index (κ1) is 20.2. The lowest BCUT2D eigenvalue weighted by molar-refractivity contribution is -0.143. The largest absolute Gasteiger partial charge is 0.480 e. The number of carboxylic acids is 1. The summed E-state index contributed by atoms with van der Waals surface area (Å²) in [6.07, 6.45) is 0.466. The Balaban J connectivity index is 1.97. The van der Waals surface area contributed by atoms with Crippen LogP contribution in [-0.4, -0.2) is 46.6 Å². The molecule has 144 valence electrons. The molecule has 0 bridgehead atoms. The SMILES string of the molecule is C[C@H](CC#N)[C@@H](NC(=O)[C@H]1CCCN1C(=O)OCc1ccccc1)C(=O)O. The molecule has 2 rings (SSSR count). The van der Waals surface area contributed by atoms with Crippen molar-refractivity contribution in [2.75, 3.05) is 6.54 Å². The van der Waals surface area contributed by atoms with Gasteiger partial charge in [0.05, 0.1) is 6.07 Å². The molecule has 1 heterocycles. The number of rotatable bonds is 7. The van der Waals surface area contributed by atoms with Crippen molar-refractivity contribution < 1.29 is 24.2 Å². The van der Waals surface area contributed by atoms with E-state index in [1.807, 2.05) is 36.4 Å². The number of aliphatic carboxylic acids is 1. The lowest BCUT2D eigenvalue weighted by Crippen LogP contribution is -2.52. The average molecular weight is 373 g/mol. The van der Waals surface area contributed by atoms with E-state index in [9.17, 15) is 19.5 Å². The lowest BCUT2D eigenvalue weighted by Gasteiger charge is -2.26. The van der Waals surface area contributed by atoms with Crippen molar-refractivity contribution in [2.24, 2.45) is 5.92 Å². The van der Waals surface area contributed by atoms with Crippen LogP contribution < -0.4 is 5.32 Å². The highest BCUT2D eigenvalue weighted by molar-refractivity contribution is 5.89. The van der Waals surface area contributed by atoms with Gasteiger partial charge in [-0.05, 0) is 18.4 Å². The molecule has 8 heteroatoms. The molecule has 1 saturated heterocycles. The first-order valence-corrected chi connectivity index (χ1v) is 8.81. The molecule has 8 nitrogen and oxygen atoms in total. The number of carbonyl (C=O) groups is 3. The molecule has 2 amide bonds. The second kappa shape index (κ2) is 9.57. The van der Waals surface area contributed by atoms with Crippen LogP contribution >= 0.6 is 0 Å². The third kappa shape index (κ3) is 5.45. The fourth-order valence-corrected chi connectivity index (χ4v) is 3.02. The van der Waals surface area contributed by atoms with E-state index in [2.05, 4.69) is 5.32 Å². The predicted molar refractivity (Wildman–Crippen MR) is 95.3 cm³/mol. The van der Waals surface area contributed by atoms with Crippen LogP contribution in [0.4, 0.5) is 4.79 Å². The molecule has 1 aliphatic heterocycles.